The number of carbonyl (C=O) groups is 2. The average molecular weight is 440 g/mol. The summed E-state index contributed by atoms with van der Waals surface area (Å²) in [4.78, 5) is 48.0. The van der Waals surface area contributed by atoms with Crippen molar-refractivity contribution >= 4 is 29.3 Å². The highest BCUT2D eigenvalue weighted by molar-refractivity contribution is 6.05. The lowest BCUT2D eigenvalue weighted by Crippen LogP contribution is -2.42. The number of aryl methyl sites for hydroxylation is 1. The molecule has 1 fully saturated rings. The van der Waals surface area contributed by atoms with Crippen LogP contribution in [0.25, 0.3) is 0 Å². The molecule has 3 heterocycles. The lowest BCUT2D eigenvalue weighted by atomic mass is 9.91. The largest absolute Gasteiger partial charge is 0.495 e. The van der Waals surface area contributed by atoms with E-state index in [1.54, 1.807) is 12.1 Å². The summed E-state index contributed by atoms with van der Waals surface area (Å²) in [6.07, 6.45) is 0.988. The van der Waals surface area contributed by atoms with Gasteiger partial charge in [-0.15, -0.1) is 0 Å². The van der Waals surface area contributed by atoms with Gasteiger partial charge in [0, 0.05) is 19.5 Å². The highest BCUT2D eigenvalue weighted by Crippen LogP contribution is 2.33. The summed E-state index contributed by atoms with van der Waals surface area (Å²) in [6.45, 7) is 7.78. The van der Waals surface area contributed by atoms with Gasteiger partial charge in [-0.25, -0.2) is 0 Å². The molecule has 2 amide bonds. The summed E-state index contributed by atoms with van der Waals surface area (Å²) in [6, 6.07) is 5.41. The maximum atomic E-state index is 13.1. The van der Waals surface area contributed by atoms with Crippen LogP contribution in [0, 0.1) is 18.8 Å². The Kier molecular flexibility index (Phi) is 5.90. The Hall–Kier alpha value is -3.36. The van der Waals surface area contributed by atoms with Crippen LogP contribution < -0.4 is 25.8 Å². The number of aromatic amines is 1. The van der Waals surface area contributed by atoms with Crippen molar-refractivity contribution in [3.05, 3.63) is 39.7 Å². The van der Waals surface area contributed by atoms with Crippen LogP contribution in [0.1, 0.15) is 43.7 Å². The summed E-state index contributed by atoms with van der Waals surface area (Å²) in [5, 5.41) is 5.50. The molecule has 0 spiro atoms. The summed E-state index contributed by atoms with van der Waals surface area (Å²) in [5.74, 6) is 0.267. The molecule has 1 aromatic carbocycles. The molecule has 1 saturated heterocycles. The Balaban J connectivity index is 1.66. The van der Waals surface area contributed by atoms with Crippen molar-refractivity contribution in [1.82, 2.24) is 9.97 Å². The highest BCUT2D eigenvalue weighted by Gasteiger charge is 2.36. The highest BCUT2D eigenvalue weighted by atomic mass is 16.5. The molecule has 0 radical (unpaired) electrons. The number of H-pyrrole nitrogens is 1. The molecule has 32 heavy (non-hydrogen) atoms. The number of piperidine rings is 1. The predicted molar refractivity (Wildman–Crippen MR) is 122 cm³/mol. The number of anilines is 3. The third-order valence-corrected chi connectivity index (χ3v) is 6.04. The lowest BCUT2D eigenvalue weighted by Gasteiger charge is -2.35. The van der Waals surface area contributed by atoms with E-state index in [9.17, 15) is 14.4 Å². The fourth-order valence-electron chi connectivity index (χ4n) is 4.71. The van der Waals surface area contributed by atoms with Gasteiger partial charge in [-0.3, -0.25) is 19.4 Å². The van der Waals surface area contributed by atoms with E-state index >= 15 is 0 Å². The van der Waals surface area contributed by atoms with E-state index in [0.717, 1.165) is 25.1 Å². The summed E-state index contributed by atoms with van der Waals surface area (Å²) < 4.78 is 5.32. The number of benzene rings is 1. The van der Waals surface area contributed by atoms with Gasteiger partial charge in [0.1, 0.15) is 11.6 Å². The Labute approximate surface area is 186 Å². The SMILES string of the molecule is COc1ccc(C)cc1NC(=O)[C@@H]1CC(=O)Nc2nc(N3C[C@H](C)C[C@@H](C)C3)[nH]c(=O)c21. The van der Waals surface area contributed by atoms with Crippen LogP contribution >= 0.6 is 0 Å². The number of hydrogen-bond donors (Lipinski definition) is 3. The third kappa shape index (κ3) is 4.32. The molecule has 2 aliphatic rings. The second kappa shape index (κ2) is 8.64. The number of rotatable bonds is 4. The molecule has 3 N–H and O–H groups in total. The van der Waals surface area contributed by atoms with Gasteiger partial charge in [0.15, 0.2) is 0 Å². The molecule has 0 unspecified atom stereocenters. The number of amides is 2. The zero-order chi connectivity index (χ0) is 23.0. The summed E-state index contributed by atoms with van der Waals surface area (Å²) in [7, 11) is 1.52. The van der Waals surface area contributed by atoms with Crippen molar-refractivity contribution in [2.45, 2.75) is 39.5 Å². The zero-order valence-corrected chi connectivity index (χ0v) is 18.8. The minimum Gasteiger partial charge on any atom is -0.495 e. The maximum absolute atomic E-state index is 13.1. The predicted octanol–water partition coefficient (Wildman–Crippen LogP) is 2.63. The summed E-state index contributed by atoms with van der Waals surface area (Å²) in [5.41, 5.74) is 1.20. The van der Waals surface area contributed by atoms with Crippen LogP contribution in [0.15, 0.2) is 23.0 Å². The van der Waals surface area contributed by atoms with Gasteiger partial charge in [-0.2, -0.15) is 4.98 Å². The van der Waals surface area contributed by atoms with Gasteiger partial charge in [-0.1, -0.05) is 19.9 Å². The first kappa shape index (κ1) is 21.9. The number of methoxy groups -OCH3 is 1. The number of hydrogen-bond acceptors (Lipinski definition) is 6. The first-order chi connectivity index (χ1) is 15.2. The fraction of sp³-hybridized carbons (Fsp3) is 0.478. The molecule has 0 bridgehead atoms. The minimum atomic E-state index is -0.950. The second-order valence-electron chi connectivity index (χ2n) is 9.00. The Bertz CT molecular complexity index is 1100. The first-order valence-corrected chi connectivity index (χ1v) is 10.9. The molecule has 9 heteroatoms. The normalized spacial score (nSPS) is 22.7. The number of nitrogens with zero attached hydrogens (tertiary/aromatic N) is 2. The molecule has 4 rings (SSSR count). The molecule has 9 nitrogen and oxygen atoms in total. The van der Waals surface area contributed by atoms with Gasteiger partial charge >= 0.3 is 0 Å². The second-order valence-corrected chi connectivity index (χ2v) is 9.00. The van der Waals surface area contributed by atoms with Crippen molar-refractivity contribution in [2.24, 2.45) is 11.8 Å². The van der Waals surface area contributed by atoms with Crippen molar-refractivity contribution in [1.29, 1.82) is 0 Å². The standard InChI is InChI=1S/C23H29N5O4/c1-12-5-6-17(32-4)16(8-12)24-21(30)15-9-18(29)25-20-19(15)22(31)27-23(26-20)28-10-13(2)7-14(3)11-28/h5-6,8,13-15H,7,9-11H2,1-4H3,(H,24,30)(H2,25,26,27,29,31)/t13-,14-,15-/m1/s1. The van der Waals surface area contributed by atoms with Crippen LogP contribution in [-0.4, -0.2) is 42.0 Å². The number of fused-ring (bicyclic) bond motifs is 1. The van der Waals surface area contributed by atoms with Crippen molar-refractivity contribution < 1.29 is 14.3 Å². The minimum absolute atomic E-state index is 0.130. The van der Waals surface area contributed by atoms with Gasteiger partial charge in [0.25, 0.3) is 5.56 Å². The monoisotopic (exact) mass is 439 g/mol. The van der Waals surface area contributed by atoms with E-state index in [4.69, 9.17) is 4.74 Å². The average Bonchev–Trinajstić information content (AvgIpc) is 2.72. The van der Waals surface area contributed by atoms with E-state index in [1.165, 1.54) is 7.11 Å². The van der Waals surface area contributed by atoms with Crippen molar-refractivity contribution in [3.8, 4) is 5.75 Å². The molecule has 0 saturated carbocycles. The Morgan fingerprint density at radius 2 is 1.94 bits per heavy atom. The topological polar surface area (TPSA) is 116 Å². The van der Waals surface area contributed by atoms with E-state index < -0.39 is 17.4 Å². The van der Waals surface area contributed by atoms with Gasteiger partial charge in [-0.05, 0) is 42.9 Å². The first-order valence-electron chi connectivity index (χ1n) is 10.9. The summed E-state index contributed by atoms with van der Waals surface area (Å²) >= 11 is 0. The molecular weight excluding hydrogens is 410 g/mol. The van der Waals surface area contributed by atoms with Gasteiger partial charge < -0.3 is 20.3 Å². The molecule has 2 aromatic rings. The van der Waals surface area contributed by atoms with Crippen molar-refractivity contribution in [3.63, 3.8) is 0 Å². The van der Waals surface area contributed by atoms with Crippen LogP contribution in [-0.2, 0) is 9.59 Å². The molecule has 170 valence electrons. The lowest BCUT2D eigenvalue weighted by molar-refractivity contribution is -0.123. The molecule has 2 aliphatic heterocycles. The maximum Gasteiger partial charge on any atom is 0.258 e. The number of nitrogens with one attached hydrogen (secondary N) is 3. The van der Waals surface area contributed by atoms with E-state index in [2.05, 4.69) is 34.4 Å². The molecule has 0 aliphatic carbocycles. The molecular formula is C23H29N5O4. The van der Waals surface area contributed by atoms with Crippen LogP contribution in [0.3, 0.4) is 0 Å². The van der Waals surface area contributed by atoms with Crippen LogP contribution in [0.4, 0.5) is 17.5 Å². The Morgan fingerprint density at radius 1 is 1.22 bits per heavy atom. The zero-order valence-electron chi connectivity index (χ0n) is 18.8. The molecule has 3 atom stereocenters. The van der Waals surface area contributed by atoms with Crippen LogP contribution in [0.5, 0.6) is 5.75 Å². The van der Waals surface area contributed by atoms with Crippen molar-refractivity contribution in [2.75, 3.05) is 35.7 Å². The smallest absolute Gasteiger partial charge is 0.258 e. The molecule has 1 aromatic heterocycles. The third-order valence-electron chi connectivity index (χ3n) is 6.04. The number of carbonyl (C=O) groups excluding carboxylic acids is 2. The number of ether oxygens (including phenoxy) is 1. The quantitative estimate of drug-likeness (QED) is 0.674. The van der Waals surface area contributed by atoms with E-state index in [1.807, 2.05) is 17.9 Å². The van der Waals surface area contributed by atoms with E-state index in [-0.39, 0.29) is 23.7 Å². The van der Waals surface area contributed by atoms with Gasteiger partial charge in [0.05, 0.1) is 24.3 Å². The van der Waals surface area contributed by atoms with Crippen LogP contribution in [0.2, 0.25) is 0 Å². The Morgan fingerprint density at radius 3 is 2.62 bits per heavy atom. The number of aromatic nitrogens is 2. The van der Waals surface area contributed by atoms with E-state index in [0.29, 0.717) is 29.2 Å². The van der Waals surface area contributed by atoms with Gasteiger partial charge in [0.2, 0.25) is 17.8 Å². The fourth-order valence-corrected chi connectivity index (χ4v) is 4.71.